The number of rotatable bonds is 4. The molecular formula is C10H8Br2N2O5. The molecule has 0 saturated carbocycles. The predicted molar refractivity (Wildman–Crippen MR) is 73.8 cm³/mol. The number of carbonyl (C=O) groups excluding carboxylic acids is 2. The summed E-state index contributed by atoms with van der Waals surface area (Å²) in [6.07, 6.45) is 0. The van der Waals surface area contributed by atoms with Crippen LogP contribution in [0.15, 0.2) is 21.1 Å². The molecule has 0 spiro atoms. The zero-order valence-electron chi connectivity index (χ0n) is 9.61. The normalized spacial score (nSPS) is 9.84. The summed E-state index contributed by atoms with van der Waals surface area (Å²) in [5.74, 6) is -1.28. The van der Waals surface area contributed by atoms with Gasteiger partial charge in [-0.05, 0) is 22.0 Å². The highest BCUT2D eigenvalue weighted by Crippen LogP contribution is 2.35. The van der Waals surface area contributed by atoms with Crippen molar-refractivity contribution in [3.8, 4) is 0 Å². The van der Waals surface area contributed by atoms with Gasteiger partial charge in [-0.1, -0.05) is 15.9 Å². The van der Waals surface area contributed by atoms with E-state index in [0.29, 0.717) is 8.95 Å². The van der Waals surface area contributed by atoms with Gasteiger partial charge in [-0.3, -0.25) is 19.7 Å². The van der Waals surface area contributed by atoms with Gasteiger partial charge in [-0.2, -0.15) is 0 Å². The van der Waals surface area contributed by atoms with Gasteiger partial charge >= 0.3 is 5.97 Å². The van der Waals surface area contributed by atoms with Gasteiger partial charge in [0.15, 0.2) is 6.61 Å². The number of nitrogens with zero attached hydrogens (tertiary/aromatic N) is 1. The summed E-state index contributed by atoms with van der Waals surface area (Å²) in [6.45, 7) is 0.653. The third-order valence-electron chi connectivity index (χ3n) is 1.90. The van der Waals surface area contributed by atoms with Crippen LogP contribution in [0.2, 0.25) is 0 Å². The van der Waals surface area contributed by atoms with Crippen LogP contribution >= 0.6 is 31.9 Å². The Bertz CT molecular complexity index is 547. The fraction of sp³-hybridized carbons (Fsp3) is 0.200. The molecule has 7 nitrogen and oxygen atoms in total. The molecule has 1 N–H and O–H groups in total. The number of ether oxygens (including phenoxy) is 1. The summed E-state index contributed by atoms with van der Waals surface area (Å²) < 4.78 is 5.32. The predicted octanol–water partition coefficient (Wildman–Crippen LogP) is 2.62. The Morgan fingerprint density at radius 2 is 2.05 bits per heavy atom. The Labute approximate surface area is 124 Å². The Balaban J connectivity index is 2.97. The molecule has 0 aliphatic rings. The molecule has 0 bridgehead atoms. The van der Waals surface area contributed by atoms with Crippen molar-refractivity contribution in [3.05, 3.63) is 31.2 Å². The van der Waals surface area contributed by atoms with Crippen molar-refractivity contribution in [2.45, 2.75) is 6.92 Å². The summed E-state index contributed by atoms with van der Waals surface area (Å²) in [7, 11) is 0. The smallest absolute Gasteiger partial charge is 0.303 e. The molecule has 102 valence electrons. The molecule has 1 amide bonds. The van der Waals surface area contributed by atoms with E-state index in [1.807, 2.05) is 0 Å². The third kappa shape index (κ3) is 4.60. The lowest BCUT2D eigenvalue weighted by atomic mass is 10.2. The highest BCUT2D eigenvalue weighted by atomic mass is 79.9. The Morgan fingerprint density at radius 3 is 2.58 bits per heavy atom. The first kappa shape index (κ1) is 15.6. The standard InChI is InChI=1S/C10H8Br2N2O5/c1-5(15)19-4-9(16)13-10-7(12)2-6(11)3-8(10)14(17)18/h2-3H,4H2,1H3,(H,13,16). The first-order valence-electron chi connectivity index (χ1n) is 4.88. The molecule has 0 fully saturated rings. The summed E-state index contributed by atoms with van der Waals surface area (Å²) in [4.78, 5) is 32.3. The van der Waals surface area contributed by atoms with Gasteiger partial charge < -0.3 is 10.1 Å². The molecule has 0 aliphatic heterocycles. The van der Waals surface area contributed by atoms with Crippen LogP contribution in [0.4, 0.5) is 11.4 Å². The maximum Gasteiger partial charge on any atom is 0.303 e. The minimum Gasteiger partial charge on any atom is -0.456 e. The highest BCUT2D eigenvalue weighted by molar-refractivity contribution is 9.11. The molecule has 1 rings (SSSR count). The SMILES string of the molecule is CC(=O)OCC(=O)Nc1c(Br)cc(Br)cc1[N+](=O)[O-]. The molecule has 0 unspecified atom stereocenters. The highest BCUT2D eigenvalue weighted by Gasteiger charge is 2.20. The van der Waals surface area contributed by atoms with E-state index in [4.69, 9.17) is 0 Å². The van der Waals surface area contributed by atoms with Gasteiger partial charge in [-0.25, -0.2) is 0 Å². The van der Waals surface area contributed by atoms with Crippen molar-refractivity contribution in [3.63, 3.8) is 0 Å². The molecule has 0 aliphatic carbocycles. The van der Waals surface area contributed by atoms with Gasteiger partial charge in [0.05, 0.1) is 4.92 Å². The summed E-state index contributed by atoms with van der Waals surface area (Å²) >= 11 is 6.23. The average molecular weight is 396 g/mol. The lowest BCUT2D eigenvalue weighted by Crippen LogP contribution is -2.20. The first-order chi connectivity index (χ1) is 8.81. The number of halogens is 2. The summed E-state index contributed by atoms with van der Waals surface area (Å²) in [5, 5.41) is 13.2. The van der Waals surface area contributed by atoms with E-state index in [-0.39, 0.29) is 11.4 Å². The zero-order chi connectivity index (χ0) is 14.6. The van der Waals surface area contributed by atoms with Gasteiger partial charge in [0, 0.05) is 21.9 Å². The number of nitrogens with one attached hydrogen (secondary N) is 1. The molecule has 0 saturated heterocycles. The molecule has 0 aromatic heterocycles. The van der Waals surface area contributed by atoms with Crippen molar-refractivity contribution < 1.29 is 19.2 Å². The van der Waals surface area contributed by atoms with E-state index in [0.717, 1.165) is 6.92 Å². The van der Waals surface area contributed by atoms with E-state index in [1.54, 1.807) is 6.07 Å². The van der Waals surface area contributed by atoms with Gasteiger partial charge in [0.1, 0.15) is 5.69 Å². The molecule has 9 heteroatoms. The average Bonchev–Trinajstić information content (AvgIpc) is 2.29. The van der Waals surface area contributed by atoms with E-state index >= 15 is 0 Å². The number of amides is 1. The molecule has 0 radical (unpaired) electrons. The van der Waals surface area contributed by atoms with E-state index < -0.39 is 23.4 Å². The molecule has 1 aromatic rings. The second kappa shape index (κ2) is 6.62. The van der Waals surface area contributed by atoms with Gasteiger partial charge in [-0.15, -0.1) is 0 Å². The molecule has 0 atom stereocenters. The maximum atomic E-state index is 11.5. The number of nitro benzene ring substituents is 1. The van der Waals surface area contributed by atoms with E-state index in [2.05, 4.69) is 41.9 Å². The van der Waals surface area contributed by atoms with Gasteiger partial charge in [0.25, 0.3) is 11.6 Å². The van der Waals surface area contributed by atoms with Crippen LogP contribution in [0, 0.1) is 10.1 Å². The number of nitro groups is 1. The van der Waals surface area contributed by atoms with E-state index in [9.17, 15) is 19.7 Å². The first-order valence-corrected chi connectivity index (χ1v) is 6.46. The lowest BCUT2D eigenvalue weighted by Gasteiger charge is -2.08. The Morgan fingerprint density at radius 1 is 1.42 bits per heavy atom. The van der Waals surface area contributed by atoms with Crippen molar-refractivity contribution >= 4 is 55.1 Å². The number of esters is 1. The van der Waals surface area contributed by atoms with Crippen LogP contribution in [0.1, 0.15) is 6.92 Å². The topological polar surface area (TPSA) is 98.5 Å². The van der Waals surface area contributed by atoms with E-state index in [1.165, 1.54) is 6.07 Å². The van der Waals surface area contributed by atoms with Crippen LogP contribution < -0.4 is 5.32 Å². The number of anilines is 1. The molecule has 1 aromatic carbocycles. The fourth-order valence-electron chi connectivity index (χ4n) is 1.17. The second-order valence-corrected chi connectivity index (χ2v) is 5.14. The molecular weight excluding hydrogens is 388 g/mol. The van der Waals surface area contributed by atoms with Crippen molar-refractivity contribution in [1.82, 2.24) is 0 Å². The van der Waals surface area contributed by atoms with Crippen LogP contribution in [-0.2, 0) is 14.3 Å². The zero-order valence-corrected chi connectivity index (χ0v) is 12.8. The Hall–Kier alpha value is -1.48. The number of hydrogen-bond donors (Lipinski definition) is 1. The Kier molecular flexibility index (Phi) is 5.43. The summed E-state index contributed by atoms with van der Waals surface area (Å²) in [5.41, 5.74) is -0.275. The molecule has 0 heterocycles. The molecule has 19 heavy (non-hydrogen) atoms. The minimum atomic E-state index is -0.665. The van der Waals surface area contributed by atoms with Crippen molar-refractivity contribution in [2.24, 2.45) is 0 Å². The van der Waals surface area contributed by atoms with Crippen LogP contribution in [-0.4, -0.2) is 23.4 Å². The fourth-order valence-corrected chi connectivity index (χ4v) is 2.47. The number of benzene rings is 1. The largest absolute Gasteiger partial charge is 0.456 e. The second-order valence-electron chi connectivity index (χ2n) is 3.37. The quantitative estimate of drug-likeness (QED) is 0.480. The summed E-state index contributed by atoms with van der Waals surface area (Å²) in [6, 6.07) is 2.81. The third-order valence-corrected chi connectivity index (χ3v) is 2.99. The van der Waals surface area contributed by atoms with Crippen LogP contribution in [0.5, 0.6) is 0 Å². The minimum absolute atomic E-state index is 0.00496. The number of carbonyl (C=O) groups is 2. The monoisotopic (exact) mass is 394 g/mol. The number of hydrogen-bond acceptors (Lipinski definition) is 5. The van der Waals surface area contributed by atoms with Crippen molar-refractivity contribution in [1.29, 1.82) is 0 Å². The van der Waals surface area contributed by atoms with Crippen molar-refractivity contribution in [2.75, 3.05) is 11.9 Å². The van der Waals surface area contributed by atoms with Crippen LogP contribution in [0.25, 0.3) is 0 Å². The van der Waals surface area contributed by atoms with Crippen LogP contribution in [0.3, 0.4) is 0 Å². The maximum absolute atomic E-state index is 11.5. The lowest BCUT2D eigenvalue weighted by molar-refractivity contribution is -0.384. The van der Waals surface area contributed by atoms with Gasteiger partial charge in [0.2, 0.25) is 0 Å².